The van der Waals surface area contributed by atoms with Gasteiger partial charge in [0.15, 0.2) is 0 Å². The zero-order valence-electron chi connectivity index (χ0n) is 11.5. The van der Waals surface area contributed by atoms with E-state index in [0.29, 0.717) is 15.8 Å². The molecule has 0 unspecified atom stereocenters. The first-order valence-electron chi connectivity index (χ1n) is 6.10. The fraction of sp³-hybridized carbons (Fsp3) is 0.154. The predicted octanol–water partition coefficient (Wildman–Crippen LogP) is 2.33. The molecule has 0 saturated carbocycles. The predicted molar refractivity (Wildman–Crippen MR) is 86.1 cm³/mol. The van der Waals surface area contributed by atoms with E-state index in [-0.39, 0.29) is 4.21 Å². The number of carbonyl (C=O) groups excluding carboxylic acids is 1. The Morgan fingerprint density at radius 1 is 1.27 bits per heavy atom. The SMILES string of the molecule is COc1ccccc1NC(=O)CNS(=O)(=O)c1ccc(Cl)s1. The first kappa shape index (κ1) is 16.8. The number of hydrogen-bond donors (Lipinski definition) is 2. The Kier molecular flexibility index (Phi) is 5.41. The van der Waals surface area contributed by atoms with E-state index in [0.717, 1.165) is 11.3 Å². The van der Waals surface area contributed by atoms with Gasteiger partial charge in [-0.3, -0.25) is 4.79 Å². The van der Waals surface area contributed by atoms with Crippen LogP contribution in [0.1, 0.15) is 0 Å². The molecular weight excluding hydrogens is 348 g/mol. The van der Waals surface area contributed by atoms with Crippen molar-refractivity contribution >= 4 is 44.6 Å². The maximum absolute atomic E-state index is 12.0. The Bertz CT molecular complexity index is 774. The molecule has 6 nitrogen and oxygen atoms in total. The van der Waals surface area contributed by atoms with Crippen molar-refractivity contribution in [2.75, 3.05) is 19.0 Å². The molecule has 1 aromatic carbocycles. The maximum Gasteiger partial charge on any atom is 0.250 e. The zero-order chi connectivity index (χ0) is 16.2. The number of halogens is 1. The van der Waals surface area contributed by atoms with Gasteiger partial charge in [0.25, 0.3) is 10.0 Å². The van der Waals surface area contributed by atoms with Gasteiger partial charge in [0, 0.05) is 0 Å². The quantitative estimate of drug-likeness (QED) is 0.828. The second-order valence-corrected chi connectivity index (χ2v) is 7.84. The summed E-state index contributed by atoms with van der Waals surface area (Å²) < 4.78 is 31.7. The summed E-state index contributed by atoms with van der Waals surface area (Å²) >= 11 is 6.62. The van der Waals surface area contributed by atoms with Crippen molar-refractivity contribution in [2.45, 2.75) is 4.21 Å². The molecule has 0 spiro atoms. The van der Waals surface area contributed by atoms with Gasteiger partial charge in [-0.25, -0.2) is 13.1 Å². The molecule has 2 rings (SSSR count). The van der Waals surface area contributed by atoms with Crippen LogP contribution in [0.2, 0.25) is 4.34 Å². The number of para-hydroxylation sites is 2. The summed E-state index contributed by atoms with van der Waals surface area (Å²) in [5.41, 5.74) is 0.466. The van der Waals surface area contributed by atoms with Gasteiger partial charge >= 0.3 is 0 Å². The highest BCUT2D eigenvalue weighted by atomic mass is 35.5. The summed E-state index contributed by atoms with van der Waals surface area (Å²) in [5.74, 6) is -0.0144. The van der Waals surface area contributed by atoms with E-state index in [4.69, 9.17) is 16.3 Å². The molecule has 1 heterocycles. The number of carbonyl (C=O) groups is 1. The van der Waals surface area contributed by atoms with E-state index in [1.165, 1.54) is 19.2 Å². The number of amides is 1. The molecular formula is C13H13ClN2O4S2. The molecule has 1 aromatic heterocycles. The van der Waals surface area contributed by atoms with Gasteiger partial charge < -0.3 is 10.1 Å². The number of hydrogen-bond acceptors (Lipinski definition) is 5. The number of anilines is 1. The first-order chi connectivity index (χ1) is 10.4. The van der Waals surface area contributed by atoms with Crippen LogP contribution in [0.15, 0.2) is 40.6 Å². The molecule has 1 amide bonds. The van der Waals surface area contributed by atoms with Crippen LogP contribution < -0.4 is 14.8 Å². The summed E-state index contributed by atoms with van der Waals surface area (Å²) in [6, 6.07) is 9.70. The van der Waals surface area contributed by atoms with Crippen molar-refractivity contribution in [3.8, 4) is 5.75 Å². The molecule has 0 aliphatic rings. The lowest BCUT2D eigenvalue weighted by molar-refractivity contribution is -0.115. The van der Waals surface area contributed by atoms with Crippen molar-refractivity contribution < 1.29 is 17.9 Å². The Balaban J connectivity index is 1.98. The van der Waals surface area contributed by atoms with Crippen LogP contribution >= 0.6 is 22.9 Å². The van der Waals surface area contributed by atoms with E-state index in [1.54, 1.807) is 24.3 Å². The fourth-order valence-corrected chi connectivity index (χ4v) is 4.13. The molecule has 9 heteroatoms. The second kappa shape index (κ2) is 7.10. The number of methoxy groups -OCH3 is 1. The molecule has 2 N–H and O–H groups in total. The van der Waals surface area contributed by atoms with E-state index >= 15 is 0 Å². The van der Waals surface area contributed by atoms with Crippen molar-refractivity contribution in [1.29, 1.82) is 0 Å². The third-order valence-corrected chi connectivity index (χ3v) is 5.74. The molecule has 118 valence electrons. The third kappa shape index (κ3) is 4.20. The van der Waals surface area contributed by atoms with E-state index in [2.05, 4.69) is 10.0 Å². The molecule has 0 aliphatic heterocycles. The van der Waals surface area contributed by atoms with Crippen molar-refractivity contribution in [3.63, 3.8) is 0 Å². The molecule has 0 saturated heterocycles. The van der Waals surface area contributed by atoms with Crippen LogP contribution in [-0.2, 0) is 14.8 Å². The van der Waals surface area contributed by atoms with Gasteiger partial charge in [0.1, 0.15) is 9.96 Å². The van der Waals surface area contributed by atoms with Gasteiger partial charge in [-0.1, -0.05) is 23.7 Å². The van der Waals surface area contributed by atoms with E-state index < -0.39 is 22.5 Å². The highest BCUT2D eigenvalue weighted by molar-refractivity contribution is 7.91. The summed E-state index contributed by atoms with van der Waals surface area (Å²) in [7, 11) is -2.27. The number of ether oxygens (including phenoxy) is 1. The van der Waals surface area contributed by atoms with Crippen molar-refractivity contribution in [1.82, 2.24) is 4.72 Å². The molecule has 22 heavy (non-hydrogen) atoms. The molecule has 0 fully saturated rings. The van der Waals surface area contributed by atoms with Crippen LogP contribution in [0.4, 0.5) is 5.69 Å². The minimum absolute atomic E-state index is 0.0580. The first-order valence-corrected chi connectivity index (χ1v) is 8.78. The van der Waals surface area contributed by atoms with Gasteiger partial charge in [0.2, 0.25) is 5.91 Å². The maximum atomic E-state index is 12.0. The Hall–Kier alpha value is -1.61. The Morgan fingerprint density at radius 3 is 2.64 bits per heavy atom. The smallest absolute Gasteiger partial charge is 0.250 e. The normalized spacial score (nSPS) is 11.2. The van der Waals surface area contributed by atoms with Crippen LogP contribution in [0, 0.1) is 0 Å². The summed E-state index contributed by atoms with van der Waals surface area (Å²) in [5, 5.41) is 2.58. The Morgan fingerprint density at radius 2 is 2.00 bits per heavy atom. The topological polar surface area (TPSA) is 84.5 Å². The number of sulfonamides is 1. The van der Waals surface area contributed by atoms with Crippen LogP contribution in [0.5, 0.6) is 5.75 Å². The largest absolute Gasteiger partial charge is 0.495 e. The minimum Gasteiger partial charge on any atom is -0.495 e. The van der Waals surface area contributed by atoms with E-state index in [1.807, 2.05) is 0 Å². The number of thiophene rings is 1. The molecule has 0 aliphatic carbocycles. The Labute approximate surface area is 137 Å². The molecule has 0 radical (unpaired) electrons. The monoisotopic (exact) mass is 360 g/mol. The average molecular weight is 361 g/mol. The van der Waals surface area contributed by atoms with Crippen LogP contribution in [0.25, 0.3) is 0 Å². The number of benzene rings is 1. The highest BCUT2D eigenvalue weighted by Gasteiger charge is 2.18. The van der Waals surface area contributed by atoms with Gasteiger partial charge in [-0.05, 0) is 24.3 Å². The lowest BCUT2D eigenvalue weighted by Gasteiger charge is -2.10. The molecule has 0 bridgehead atoms. The summed E-state index contributed by atoms with van der Waals surface area (Å²) in [6.07, 6.45) is 0. The molecule has 2 aromatic rings. The van der Waals surface area contributed by atoms with Crippen molar-refractivity contribution in [3.05, 3.63) is 40.7 Å². The third-order valence-electron chi connectivity index (χ3n) is 2.62. The lowest BCUT2D eigenvalue weighted by Crippen LogP contribution is -2.32. The minimum atomic E-state index is -3.75. The standard InChI is InChI=1S/C13H13ClN2O4S2/c1-20-10-5-3-2-4-9(10)16-12(17)8-15-22(18,19)13-7-6-11(14)21-13/h2-7,15H,8H2,1H3,(H,16,17). The second-order valence-electron chi connectivity index (χ2n) is 4.13. The average Bonchev–Trinajstić information content (AvgIpc) is 2.93. The summed E-state index contributed by atoms with van der Waals surface area (Å²) in [6.45, 7) is -0.393. The number of nitrogens with one attached hydrogen (secondary N) is 2. The van der Waals surface area contributed by atoms with Crippen LogP contribution in [-0.4, -0.2) is 28.0 Å². The highest BCUT2D eigenvalue weighted by Crippen LogP contribution is 2.25. The van der Waals surface area contributed by atoms with Gasteiger partial charge in [-0.2, -0.15) is 0 Å². The van der Waals surface area contributed by atoms with Gasteiger partial charge in [0.05, 0.1) is 23.7 Å². The lowest BCUT2D eigenvalue weighted by atomic mass is 10.3. The van der Waals surface area contributed by atoms with Crippen molar-refractivity contribution in [2.24, 2.45) is 0 Å². The van der Waals surface area contributed by atoms with Crippen LogP contribution in [0.3, 0.4) is 0 Å². The number of rotatable bonds is 6. The molecule has 0 atom stereocenters. The fourth-order valence-electron chi connectivity index (χ4n) is 1.62. The van der Waals surface area contributed by atoms with Gasteiger partial charge in [-0.15, -0.1) is 11.3 Å². The summed E-state index contributed by atoms with van der Waals surface area (Å²) in [4.78, 5) is 11.8. The van der Waals surface area contributed by atoms with E-state index in [9.17, 15) is 13.2 Å². The zero-order valence-corrected chi connectivity index (χ0v) is 13.9.